The highest BCUT2D eigenvalue weighted by molar-refractivity contribution is 5.97. The number of nitrogens with zero attached hydrogens (tertiary/aromatic N) is 3. The zero-order valence-corrected chi connectivity index (χ0v) is 23.7. The first kappa shape index (κ1) is 32.8. The predicted octanol–water partition coefficient (Wildman–Crippen LogP) is -1.28. The summed E-state index contributed by atoms with van der Waals surface area (Å²) in [5.41, 5.74) is 17.3. The molecule has 16 heteroatoms. The van der Waals surface area contributed by atoms with Gasteiger partial charge in [0.2, 0.25) is 17.7 Å². The maximum absolute atomic E-state index is 13.4. The highest BCUT2D eigenvalue weighted by Gasteiger charge is 2.38. The summed E-state index contributed by atoms with van der Waals surface area (Å²) in [5.74, 6) is -3.23. The van der Waals surface area contributed by atoms with Crippen LogP contribution in [0.5, 0.6) is 5.75 Å². The molecule has 0 saturated carbocycles. The molecule has 1 fully saturated rings. The first-order chi connectivity index (χ1) is 20.4. The third-order valence-corrected chi connectivity index (χ3v) is 6.90. The molecule has 1 aromatic heterocycles. The number of nitrogens with one attached hydrogen (secondary N) is 2. The lowest BCUT2D eigenvalue weighted by Gasteiger charge is -2.25. The third kappa shape index (κ3) is 9.14. The van der Waals surface area contributed by atoms with Crippen molar-refractivity contribution in [1.29, 1.82) is 0 Å². The van der Waals surface area contributed by atoms with E-state index in [1.165, 1.54) is 24.0 Å². The van der Waals surface area contributed by atoms with Gasteiger partial charge in [0, 0.05) is 19.5 Å². The Morgan fingerprint density at radius 2 is 1.88 bits per heavy atom. The summed E-state index contributed by atoms with van der Waals surface area (Å²) in [7, 11) is 0. The number of aliphatic hydroxyl groups is 1. The van der Waals surface area contributed by atoms with Gasteiger partial charge in [-0.15, -0.1) is 0 Å². The normalized spacial score (nSPS) is 17.4. The fraction of sp³-hybridized carbons (Fsp3) is 0.481. The summed E-state index contributed by atoms with van der Waals surface area (Å²) >= 11 is 0. The van der Waals surface area contributed by atoms with E-state index in [4.69, 9.17) is 21.6 Å². The molecule has 5 atom stereocenters. The highest BCUT2D eigenvalue weighted by Crippen LogP contribution is 2.24. The summed E-state index contributed by atoms with van der Waals surface area (Å²) in [6.45, 7) is 1.76. The number of carbonyl (C=O) groups is 4. The Hall–Kier alpha value is -4.70. The molecule has 2 aromatic rings. The van der Waals surface area contributed by atoms with Crippen molar-refractivity contribution in [2.45, 2.75) is 69.3 Å². The number of aliphatic imine (C=N–C) groups is 1. The number of aromatic hydroxyl groups is 1. The Morgan fingerprint density at radius 3 is 2.51 bits per heavy atom. The number of rotatable bonds is 14. The van der Waals surface area contributed by atoms with Crippen molar-refractivity contribution in [2.24, 2.45) is 22.2 Å². The van der Waals surface area contributed by atoms with Crippen molar-refractivity contribution >= 4 is 29.7 Å². The van der Waals surface area contributed by atoms with Gasteiger partial charge < -0.3 is 52.5 Å². The second kappa shape index (κ2) is 15.0. The molecule has 1 aliphatic rings. The Balaban J connectivity index is 1.76. The number of carboxylic acids is 1. The van der Waals surface area contributed by atoms with Gasteiger partial charge in [-0.1, -0.05) is 12.1 Å². The molecule has 1 saturated heterocycles. The van der Waals surface area contributed by atoms with Crippen LogP contribution < -0.4 is 27.8 Å². The van der Waals surface area contributed by atoms with E-state index in [1.54, 1.807) is 12.1 Å². The van der Waals surface area contributed by atoms with Gasteiger partial charge in [0.1, 0.15) is 24.1 Å². The van der Waals surface area contributed by atoms with E-state index >= 15 is 0 Å². The van der Waals surface area contributed by atoms with Crippen LogP contribution in [0.25, 0.3) is 0 Å². The highest BCUT2D eigenvalue weighted by atomic mass is 16.4. The lowest BCUT2D eigenvalue weighted by molar-refractivity contribution is -0.145. The van der Waals surface area contributed by atoms with E-state index in [0.717, 1.165) is 11.8 Å². The maximum Gasteiger partial charge on any atom is 0.328 e. The predicted molar refractivity (Wildman–Crippen MR) is 152 cm³/mol. The molecular formula is C27H38N8O8. The van der Waals surface area contributed by atoms with Gasteiger partial charge in [-0.3, -0.25) is 19.4 Å². The molecular weight excluding hydrogens is 564 g/mol. The van der Waals surface area contributed by atoms with Crippen LogP contribution in [0.3, 0.4) is 0 Å². The quantitative estimate of drug-likeness (QED) is 0.0713. The minimum Gasteiger partial charge on any atom is -0.508 e. The molecule has 0 bridgehead atoms. The second-order valence-corrected chi connectivity index (χ2v) is 10.3. The molecule has 1 aliphatic heterocycles. The van der Waals surface area contributed by atoms with Gasteiger partial charge in [-0.2, -0.15) is 0 Å². The summed E-state index contributed by atoms with van der Waals surface area (Å²) in [4.78, 5) is 60.0. The SMILES string of the molecule is C[C@@H](O)[C@H](NC(=O)[C@@H]1CCCN1C(=O)c1coc([C@@H](Cc2ccc(O)cc2)NC(=O)[C@@H](N)CCCN=C(N)N)n1)C(=O)O. The average Bonchev–Trinajstić information content (AvgIpc) is 3.64. The lowest BCUT2D eigenvalue weighted by Crippen LogP contribution is -2.54. The van der Waals surface area contributed by atoms with Crippen LogP contribution in [0.15, 0.2) is 39.9 Å². The summed E-state index contributed by atoms with van der Waals surface area (Å²) in [6, 6.07) is 2.03. The number of benzene rings is 1. The topological polar surface area (TPSA) is 273 Å². The van der Waals surface area contributed by atoms with E-state index in [1.807, 2.05) is 0 Å². The van der Waals surface area contributed by atoms with Crippen LogP contribution in [0, 0.1) is 0 Å². The first-order valence-electron chi connectivity index (χ1n) is 13.7. The number of guanidine groups is 1. The van der Waals surface area contributed by atoms with Gasteiger partial charge in [0.15, 0.2) is 17.7 Å². The minimum absolute atomic E-state index is 0.0118. The van der Waals surface area contributed by atoms with Crippen molar-refractivity contribution in [3.05, 3.63) is 47.7 Å². The molecule has 0 aliphatic carbocycles. The largest absolute Gasteiger partial charge is 0.508 e. The average molecular weight is 603 g/mol. The zero-order valence-electron chi connectivity index (χ0n) is 23.7. The van der Waals surface area contributed by atoms with E-state index < -0.39 is 54.0 Å². The lowest BCUT2D eigenvalue weighted by atomic mass is 10.0. The Kier molecular flexibility index (Phi) is 11.4. The summed E-state index contributed by atoms with van der Waals surface area (Å²) in [5, 5.41) is 33.7. The van der Waals surface area contributed by atoms with Gasteiger partial charge in [-0.25, -0.2) is 9.78 Å². The number of phenolic OH excluding ortho intramolecular Hbond substituents is 1. The van der Waals surface area contributed by atoms with Crippen molar-refractivity contribution < 1.29 is 38.9 Å². The van der Waals surface area contributed by atoms with Gasteiger partial charge in [0.25, 0.3) is 5.91 Å². The van der Waals surface area contributed by atoms with Gasteiger partial charge in [-0.05, 0) is 50.3 Å². The summed E-state index contributed by atoms with van der Waals surface area (Å²) in [6.07, 6.45) is 1.48. The molecule has 16 nitrogen and oxygen atoms in total. The van der Waals surface area contributed by atoms with Crippen LogP contribution in [0.4, 0.5) is 0 Å². The number of hydrogen-bond acceptors (Lipinski definition) is 10. The number of aliphatic hydroxyl groups excluding tert-OH is 1. The van der Waals surface area contributed by atoms with Gasteiger partial charge in [0.05, 0.1) is 12.1 Å². The van der Waals surface area contributed by atoms with E-state index in [0.29, 0.717) is 25.8 Å². The fourth-order valence-electron chi connectivity index (χ4n) is 4.61. The van der Waals surface area contributed by atoms with E-state index in [2.05, 4.69) is 20.6 Å². The van der Waals surface area contributed by atoms with Gasteiger partial charge >= 0.3 is 5.97 Å². The zero-order chi connectivity index (χ0) is 31.7. The van der Waals surface area contributed by atoms with Crippen LogP contribution in [0.1, 0.15) is 60.6 Å². The van der Waals surface area contributed by atoms with Crippen molar-refractivity contribution in [1.82, 2.24) is 20.5 Å². The van der Waals surface area contributed by atoms with Crippen LogP contribution in [0.2, 0.25) is 0 Å². The Labute approximate surface area is 247 Å². The first-order valence-corrected chi connectivity index (χ1v) is 13.7. The standard InChI is InChI=1S/C27H38N8O8/c1-14(36)21(26(41)42)34-23(39)20-5-3-11-35(20)25(40)19-13-43-24(33-19)18(12-15-6-8-16(37)9-7-15)32-22(38)17(28)4-2-10-31-27(29)30/h6-9,13-14,17-18,20-21,36-37H,2-5,10-12,28H2,1H3,(H,32,38)(H,34,39)(H,41,42)(H4,29,30,31)/t14-,17+,18-,20+,21+/m1/s1. The van der Waals surface area contributed by atoms with E-state index in [-0.39, 0.29) is 42.7 Å². The molecule has 234 valence electrons. The number of amides is 3. The molecule has 0 unspecified atom stereocenters. The number of oxazole rings is 1. The number of carboxylic acid groups (broad SMARTS) is 1. The number of phenols is 1. The number of hydrogen-bond donors (Lipinski definition) is 8. The molecule has 3 amide bonds. The van der Waals surface area contributed by atoms with Crippen LogP contribution in [-0.4, -0.2) is 92.2 Å². The summed E-state index contributed by atoms with van der Waals surface area (Å²) < 4.78 is 5.61. The van der Waals surface area contributed by atoms with Crippen molar-refractivity contribution in [2.75, 3.05) is 13.1 Å². The fourth-order valence-corrected chi connectivity index (χ4v) is 4.61. The minimum atomic E-state index is -1.54. The number of aromatic nitrogens is 1. The monoisotopic (exact) mass is 602 g/mol. The number of carbonyl (C=O) groups excluding carboxylic acids is 3. The molecule has 0 spiro atoms. The smallest absolute Gasteiger partial charge is 0.328 e. The molecule has 3 rings (SSSR count). The van der Waals surface area contributed by atoms with E-state index in [9.17, 15) is 34.5 Å². The number of aliphatic carboxylic acids is 1. The molecule has 2 heterocycles. The van der Waals surface area contributed by atoms with Crippen molar-refractivity contribution in [3.63, 3.8) is 0 Å². The Morgan fingerprint density at radius 1 is 1.19 bits per heavy atom. The maximum atomic E-state index is 13.4. The second-order valence-electron chi connectivity index (χ2n) is 10.3. The molecule has 1 aromatic carbocycles. The van der Waals surface area contributed by atoms with Crippen LogP contribution in [-0.2, 0) is 20.8 Å². The molecule has 43 heavy (non-hydrogen) atoms. The van der Waals surface area contributed by atoms with Crippen LogP contribution >= 0.6 is 0 Å². The Bertz CT molecular complexity index is 1310. The number of nitrogens with two attached hydrogens (primary N) is 3. The van der Waals surface area contributed by atoms with Crippen molar-refractivity contribution in [3.8, 4) is 5.75 Å². The third-order valence-electron chi connectivity index (χ3n) is 6.90. The molecule has 0 radical (unpaired) electrons. The molecule has 11 N–H and O–H groups in total. The number of likely N-dealkylation sites (tertiary alicyclic amines) is 1.